The van der Waals surface area contributed by atoms with Crippen LogP contribution in [0, 0.1) is 0 Å². The molecular weight excluding hydrogens is 469 g/mol. The second kappa shape index (κ2) is 8.21. The van der Waals surface area contributed by atoms with Gasteiger partial charge in [-0.05, 0) is 37.1 Å². The van der Waals surface area contributed by atoms with Gasteiger partial charge in [0.15, 0.2) is 11.5 Å². The maximum atomic E-state index is 13.1. The molecule has 3 aromatic rings. The number of fused-ring (bicyclic) bond motifs is 1. The number of aromatic amines is 1. The third-order valence-electron chi connectivity index (χ3n) is 6.16. The van der Waals surface area contributed by atoms with E-state index < -0.39 is 41.7 Å². The van der Waals surface area contributed by atoms with E-state index >= 15 is 0 Å². The molecule has 2 fully saturated rings. The number of urea groups is 1. The van der Waals surface area contributed by atoms with Crippen molar-refractivity contribution >= 4 is 40.5 Å². The number of nitrogens with one attached hydrogen (secondary N) is 3. The molecule has 4 heterocycles. The van der Waals surface area contributed by atoms with E-state index in [1.807, 2.05) is 4.90 Å². The quantitative estimate of drug-likeness (QED) is 0.477. The molecule has 3 N–H and O–H groups in total. The highest BCUT2D eigenvalue weighted by Gasteiger charge is 2.53. The van der Waals surface area contributed by atoms with E-state index in [2.05, 4.69) is 30.6 Å². The van der Waals surface area contributed by atoms with E-state index in [9.17, 15) is 27.6 Å². The van der Waals surface area contributed by atoms with Gasteiger partial charge in [0, 0.05) is 18.8 Å². The normalized spacial score (nSPS) is 17.8. The fourth-order valence-corrected chi connectivity index (χ4v) is 4.34. The smallest absolute Gasteiger partial charge is 0.355 e. The lowest BCUT2D eigenvalue weighted by atomic mass is 9.87. The fraction of sp³-hybridized carbons (Fsp3) is 0.333. The lowest BCUT2D eigenvalue weighted by Gasteiger charge is -2.37. The van der Waals surface area contributed by atoms with Crippen LogP contribution in [0.15, 0.2) is 36.9 Å². The van der Waals surface area contributed by atoms with Gasteiger partial charge in [0.25, 0.3) is 5.91 Å². The average Bonchev–Trinajstić information content (AvgIpc) is 3.39. The van der Waals surface area contributed by atoms with Gasteiger partial charge in [-0.15, -0.1) is 0 Å². The highest BCUT2D eigenvalue weighted by Crippen LogP contribution is 2.33. The molecule has 182 valence electrons. The zero-order chi connectivity index (χ0) is 24.8. The summed E-state index contributed by atoms with van der Waals surface area (Å²) in [4.78, 5) is 56.4. The van der Waals surface area contributed by atoms with Gasteiger partial charge in [0.05, 0.1) is 11.9 Å². The zero-order valence-corrected chi connectivity index (χ0v) is 18.1. The van der Waals surface area contributed by atoms with Crippen molar-refractivity contribution in [3.63, 3.8) is 0 Å². The summed E-state index contributed by atoms with van der Waals surface area (Å²) < 4.78 is 38.1. The number of alkyl halides is 3. The van der Waals surface area contributed by atoms with Gasteiger partial charge in [-0.2, -0.15) is 13.2 Å². The van der Waals surface area contributed by atoms with Crippen molar-refractivity contribution in [3.05, 3.63) is 42.5 Å². The number of hydrogen-bond donors (Lipinski definition) is 3. The SMILES string of the molecule is O=C(CN1C(=O)NC2(CCN(c3ncnc4nc[nH]c34)CC2)C1=O)Nc1ccc(C(F)(F)F)cc1. The number of piperidine rings is 1. The van der Waals surface area contributed by atoms with Crippen molar-refractivity contribution in [2.24, 2.45) is 0 Å². The third kappa shape index (κ3) is 4.11. The first-order valence-corrected chi connectivity index (χ1v) is 10.7. The Morgan fingerprint density at radius 2 is 1.80 bits per heavy atom. The Labute approximate surface area is 195 Å². The molecule has 0 aliphatic carbocycles. The number of halogens is 3. The number of hydrogen-bond acceptors (Lipinski definition) is 7. The molecule has 2 aromatic heterocycles. The molecule has 0 saturated carbocycles. The van der Waals surface area contributed by atoms with Gasteiger partial charge in [0.1, 0.15) is 23.9 Å². The van der Waals surface area contributed by atoms with Crippen LogP contribution in [-0.4, -0.2) is 67.9 Å². The molecule has 1 aromatic carbocycles. The van der Waals surface area contributed by atoms with Crippen molar-refractivity contribution in [1.82, 2.24) is 30.2 Å². The van der Waals surface area contributed by atoms with Crippen molar-refractivity contribution in [2.75, 3.05) is 29.9 Å². The first kappa shape index (κ1) is 22.6. The summed E-state index contributed by atoms with van der Waals surface area (Å²) in [7, 11) is 0. The number of imidazole rings is 1. The number of H-pyrrole nitrogens is 1. The molecule has 2 aliphatic heterocycles. The first-order chi connectivity index (χ1) is 16.7. The van der Waals surface area contributed by atoms with E-state index in [1.54, 1.807) is 0 Å². The number of imide groups is 1. The van der Waals surface area contributed by atoms with Crippen molar-refractivity contribution in [2.45, 2.75) is 24.6 Å². The van der Waals surface area contributed by atoms with Gasteiger partial charge < -0.3 is 20.5 Å². The van der Waals surface area contributed by atoms with E-state index in [0.29, 0.717) is 42.9 Å². The molecule has 11 nitrogen and oxygen atoms in total. The molecule has 0 unspecified atom stereocenters. The summed E-state index contributed by atoms with van der Waals surface area (Å²) in [5.41, 5.74) is -0.679. The van der Waals surface area contributed by atoms with Gasteiger partial charge in [-0.25, -0.2) is 19.7 Å². The fourth-order valence-electron chi connectivity index (χ4n) is 4.34. The summed E-state index contributed by atoms with van der Waals surface area (Å²) in [6.45, 7) is 0.281. The van der Waals surface area contributed by atoms with Crippen LogP contribution in [0.25, 0.3) is 11.2 Å². The van der Waals surface area contributed by atoms with Gasteiger partial charge in [-0.3, -0.25) is 14.5 Å². The van der Waals surface area contributed by atoms with E-state index in [-0.39, 0.29) is 5.69 Å². The summed E-state index contributed by atoms with van der Waals surface area (Å²) in [5, 5.41) is 5.13. The minimum Gasteiger partial charge on any atom is -0.355 e. The van der Waals surface area contributed by atoms with E-state index in [0.717, 1.165) is 29.2 Å². The van der Waals surface area contributed by atoms with Crippen molar-refractivity contribution in [3.8, 4) is 0 Å². The predicted octanol–water partition coefficient (Wildman–Crippen LogP) is 1.90. The first-order valence-electron chi connectivity index (χ1n) is 10.7. The predicted molar refractivity (Wildman–Crippen MR) is 116 cm³/mol. The van der Waals surface area contributed by atoms with Crippen LogP contribution in [0.5, 0.6) is 0 Å². The van der Waals surface area contributed by atoms with Crippen LogP contribution in [0.4, 0.5) is 29.5 Å². The van der Waals surface area contributed by atoms with Gasteiger partial charge in [-0.1, -0.05) is 0 Å². The maximum absolute atomic E-state index is 13.1. The number of carbonyl (C=O) groups is 3. The monoisotopic (exact) mass is 488 g/mol. The number of nitrogens with zero attached hydrogens (tertiary/aromatic N) is 5. The lowest BCUT2D eigenvalue weighted by molar-refractivity contribution is -0.137. The van der Waals surface area contributed by atoms with E-state index in [4.69, 9.17) is 0 Å². The number of rotatable bonds is 4. The largest absolute Gasteiger partial charge is 0.416 e. The van der Waals surface area contributed by atoms with Crippen LogP contribution in [-0.2, 0) is 15.8 Å². The maximum Gasteiger partial charge on any atom is 0.416 e. The van der Waals surface area contributed by atoms with Crippen LogP contribution in [0.1, 0.15) is 18.4 Å². The number of amides is 4. The molecule has 0 bridgehead atoms. The number of aromatic nitrogens is 4. The molecule has 14 heteroatoms. The molecular formula is C21H19F3N8O3. The highest BCUT2D eigenvalue weighted by atomic mass is 19.4. The Hall–Kier alpha value is -4.23. The number of benzene rings is 1. The zero-order valence-electron chi connectivity index (χ0n) is 18.1. The van der Waals surface area contributed by atoms with Crippen LogP contribution >= 0.6 is 0 Å². The third-order valence-corrected chi connectivity index (χ3v) is 6.16. The summed E-state index contributed by atoms with van der Waals surface area (Å²) in [6.07, 6.45) is -0.974. The molecule has 2 saturated heterocycles. The van der Waals surface area contributed by atoms with Crippen LogP contribution in [0.3, 0.4) is 0 Å². The Kier molecular flexibility index (Phi) is 5.29. The molecule has 0 atom stereocenters. The summed E-state index contributed by atoms with van der Waals surface area (Å²) in [5.74, 6) is -0.573. The molecule has 0 radical (unpaired) electrons. The number of carbonyl (C=O) groups excluding carboxylic acids is 3. The van der Waals surface area contributed by atoms with Gasteiger partial charge in [0.2, 0.25) is 5.91 Å². The average molecular weight is 488 g/mol. The number of anilines is 2. The Bertz CT molecular complexity index is 1300. The molecule has 35 heavy (non-hydrogen) atoms. The summed E-state index contributed by atoms with van der Waals surface area (Å²) in [6, 6.07) is 3.19. The topological polar surface area (TPSA) is 136 Å². The Morgan fingerprint density at radius 3 is 2.49 bits per heavy atom. The highest BCUT2D eigenvalue weighted by molar-refractivity contribution is 6.10. The molecule has 5 rings (SSSR count). The molecule has 4 amide bonds. The Balaban J connectivity index is 1.22. The molecule has 1 spiro atoms. The standard InChI is InChI=1S/C21H19F3N8O3/c22-21(23,24)12-1-3-13(4-2-12)29-14(33)9-32-18(34)20(30-19(32)35)5-7-31(8-6-20)17-15-16(26-10-25-15)27-11-28-17/h1-4,10-11H,5-9H2,(H,29,33)(H,30,35)(H,25,26,27,28). The second-order valence-corrected chi connectivity index (χ2v) is 8.31. The lowest BCUT2D eigenvalue weighted by Crippen LogP contribution is -2.55. The van der Waals surface area contributed by atoms with Gasteiger partial charge >= 0.3 is 12.2 Å². The van der Waals surface area contributed by atoms with E-state index in [1.165, 1.54) is 12.7 Å². The Morgan fingerprint density at radius 1 is 1.09 bits per heavy atom. The van der Waals surface area contributed by atoms with Crippen LogP contribution in [0.2, 0.25) is 0 Å². The summed E-state index contributed by atoms with van der Waals surface area (Å²) >= 11 is 0. The minimum absolute atomic E-state index is 0.119. The van der Waals surface area contributed by atoms with Crippen molar-refractivity contribution < 1.29 is 27.6 Å². The second-order valence-electron chi connectivity index (χ2n) is 8.31. The minimum atomic E-state index is -4.50. The molecule has 2 aliphatic rings. The van der Waals surface area contributed by atoms with Crippen molar-refractivity contribution in [1.29, 1.82) is 0 Å². The van der Waals surface area contributed by atoms with Crippen LogP contribution < -0.4 is 15.5 Å².